The molecule has 0 fully saturated rings. The quantitative estimate of drug-likeness (QED) is 0.588. The molecule has 2 heterocycles. The Morgan fingerprint density at radius 3 is 3.40 bits per heavy atom. The van der Waals surface area contributed by atoms with Gasteiger partial charge in [-0.25, -0.2) is 0 Å². The van der Waals surface area contributed by atoms with Gasteiger partial charge in [0, 0.05) is 25.2 Å². The molecule has 1 aliphatic heterocycles. The summed E-state index contributed by atoms with van der Waals surface area (Å²) < 4.78 is 0. The lowest BCUT2D eigenvalue weighted by Gasteiger charge is -1.97. The lowest BCUT2D eigenvalue weighted by atomic mass is 10.3. The first-order valence-corrected chi connectivity index (χ1v) is 4.36. The number of thiophene rings is 1. The molecule has 0 bridgehead atoms. The van der Waals surface area contributed by atoms with Gasteiger partial charge in [0.2, 0.25) is 0 Å². The maximum absolute atomic E-state index is 3.36. The zero-order valence-electron chi connectivity index (χ0n) is 5.68. The lowest BCUT2D eigenvalue weighted by molar-refractivity contribution is 0.725. The Kier molecular flexibility index (Phi) is 1.61. The van der Waals surface area contributed by atoms with Crippen LogP contribution >= 0.6 is 11.3 Å². The van der Waals surface area contributed by atoms with Crippen molar-refractivity contribution >= 4 is 16.3 Å². The van der Waals surface area contributed by atoms with Crippen molar-refractivity contribution in [3.63, 3.8) is 0 Å². The Morgan fingerprint density at radius 2 is 2.40 bits per heavy atom. The highest BCUT2D eigenvalue weighted by Crippen LogP contribution is 2.23. The summed E-state index contributed by atoms with van der Waals surface area (Å²) in [6.07, 6.45) is 0. The molecule has 0 spiro atoms. The van der Waals surface area contributed by atoms with Crippen molar-refractivity contribution < 1.29 is 0 Å². The summed E-state index contributed by atoms with van der Waals surface area (Å²) in [5.74, 6) is 0. The molecule has 0 atom stereocenters. The van der Waals surface area contributed by atoms with Crippen LogP contribution in [0.4, 0.5) is 5.00 Å². The van der Waals surface area contributed by atoms with Gasteiger partial charge in [0.25, 0.3) is 0 Å². The molecule has 0 amide bonds. The SMILES string of the molecule is c1cc2c(s1)NCCNC2. The molecule has 1 aromatic rings. The first-order valence-electron chi connectivity index (χ1n) is 3.48. The first kappa shape index (κ1) is 6.19. The molecule has 54 valence electrons. The van der Waals surface area contributed by atoms with Crippen molar-refractivity contribution in [3.8, 4) is 0 Å². The zero-order valence-corrected chi connectivity index (χ0v) is 6.50. The van der Waals surface area contributed by atoms with E-state index in [-0.39, 0.29) is 0 Å². The van der Waals surface area contributed by atoms with Gasteiger partial charge in [-0.3, -0.25) is 0 Å². The predicted octanol–water partition coefficient (Wildman–Crippen LogP) is 1.26. The predicted molar refractivity (Wildman–Crippen MR) is 44.5 cm³/mol. The second-order valence-corrected chi connectivity index (χ2v) is 3.29. The molecule has 2 N–H and O–H groups in total. The van der Waals surface area contributed by atoms with Gasteiger partial charge in [0.15, 0.2) is 0 Å². The summed E-state index contributed by atoms with van der Waals surface area (Å²) in [6.45, 7) is 3.14. The molecular formula is C7H10N2S. The molecule has 0 saturated carbocycles. The average Bonchev–Trinajstić information content (AvgIpc) is 2.28. The Balaban J connectivity index is 2.28. The Morgan fingerprint density at radius 1 is 1.40 bits per heavy atom. The molecular weight excluding hydrogens is 144 g/mol. The fraction of sp³-hybridized carbons (Fsp3) is 0.429. The van der Waals surface area contributed by atoms with E-state index in [0.29, 0.717) is 0 Å². The van der Waals surface area contributed by atoms with E-state index >= 15 is 0 Å². The van der Waals surface area contributed by atoms with Crippen LogP contribution in [0.25, 0.3) is 0 Å². The van der Waals surface area contributed by atoms with Crippen molar-refractivity contribution in [2.24, 2.45) is 0 Å². The highest BCUT2D eigenvalue weighted by Gasteiger charge is 2.05. The molecule has 2 nitrogen and oxygen atoms in total. The van der Waals surface area contributed by atoms with Gasteiger partial charge < -0.3 is 10.6 Å². The minimum Gasteiger partial charge on any atom is -0.375 e. The minimum atomic E-state index is 1.02. The van der Waals surface area contributed by atoms with Gasteiger partial charge in [-0.15, -0.1) is 11.3 Å². The van der Waals surface area contributed by atoms with Crippen molar-refractivity contribution in [1.82, 2.24) is 5.32 Å². The molecule has 10 heavy (non-hydrogen) atoms. The van der Waals surface area contributed by atoms with Crippen LogP contribution < -0.4 is 10.6 Å². The Labute approximate surface area is 64.3 Å². The van der Waals surface area contributed by atoms with Crippen molar-refractivity contribution in [3.05, 3.63) is 17.0 Å². The monoisotopic (exact) mass is 154 g/mol. The van der Waals surface area contributed by atoms with E-state index in [4.69, 9.17) is 0 Å². The topological polar surface area (TPSA) is 24.1 Å². The average molecular weight is 154 g/mol. The summed E-state index contributed by atoms with van der Waals surface area (Å²) in [5, 5.41) is 10.2. The van der Waals surface area contributed by atoms with Crippen molar-refractivity contribution in [2.75, 3.05) is 18.4 Å². The number of rotatable bonds is 0. The van der Waals surface area contributed by atoms with Gasteiger partial charge in [-0.1, -0.05) is 0 Å². The van der Waals surface area contributed by atoms with Gasteiger partial charge >= 0.3 is 0 Å². The van der Waals surface area contributed by atoms with E-state index in [9.17, 15) is 0 Å². The standard InChI is InChI=1S/C7H10N2S/c1-4-10-7-6(1)5-8-2-3-9-7/h1,4,8-9H,2-3,5H2. The highest BCUT2D eigenvalue weighted by molar-refractivity contribution is 7.14. The fourth-order valence-corrected chi connectivity index (χ4v) is 1.96. The molecule has 3 heteroatoms. The van der Waals surface area contributed by atoms with E-state index < -0.39 is 0 Å². The Bertz CT molecular complexity index is 199. The molecule has 1 aromatic heterocycles. The molecule has 0 aromatic carbocycles. The molecule has 0 radical (unpaired) electrons. The van der Waals surface area contributed by atoms with Crippen LogP contribution in [-0.2, 0) is 6.54 Å². The third kappa shape index (κ3) is 1.02. The normalized spacial score (nSPS) is 17.2. The first-order chi connectivity index (χ1) is 4.97. The maximum atomic E-state index is 3.36. The van der Waals surface area contributed by atoms with Crippen LogP contribution in [0.1, 0.15) is 5.56 Å². The third-order valence-corrected chi connectivity index (χ3v) is 2.56. The van der Waals surface area contributed by atoms with Crippen LogP contribution in [0, 0.1) is 0 Å². The molecule has 1 aliphatic rings. The summed E-state index contributed by atoms with van der Waals surface area (Å²) in [5.41, 5.74) is 1.41. The molecule has 0 saturated heterocycles. The minimum absolute atomic E-state index is 1.02. The zero-order chi connectivity index (χ0) is 6.81. The van der Waals surface area contributed by atoms with E-state index in [2.05, 4.69) is 22.1 Å². The molecule has 2 rings (SSSR count). The largest absolute Gasteiger partial charge is 0.375 e. The smallest absolute Gasteiger partial charge is 0.0928 e. The van der Waals surface area contributed by atoms with Gasteiger partial charge in [-0.2, -0.15) is 0 Å². The van der Waals surface area contributed by atoms with Crippen LogP contribution in [0.2, 0.25) is 0 Å². The van der Waals surface area contributed by atoms with Gasteiger partial charge in [0.05, 0.1) is 5.00 Å². The second kappa shape index (κ2) is 2.60. The van der Waals surface area contributed by atoms with Gasteiger partial charge in [-0.05, 0) is 11.4 Å². The van der Waals surface area contributed by atoms with Crippen LogP contribution in [0.5, 0.6) is 0 Å². The number of fused-ring (bicyclic) bond motifs is 1. The van der Waals surface area contributed by atoms with Crippen molar-refractivity contribution in [1.29, 1.82) is 0 Å². The summed E-state index contributed by atoms with van der Waals surface area (Å²) in [4.78, 5) is 0. The number of nitrogens with one attached hydrogen (secondary N) is 2. The third-order valence-electron chi connectivity index (χ3n) is 1.65. The van der Waals surface area contributed by atoms with Crippen molar-refractivity contribution in [2.45, 2.75) is 6.54 Å². The summed E-state index contributed by atoms with van der Waals surface area (Å²) in [7, 11) is 0. The highest BCUT2D eigenvalue weighted by atomic mass is 32.1. The molecule has 0 unspecified atom stereocenters. The summed E-state index contributed by atoms with van der Waals surface area (Å²) in [6, 6.07) is 2.17. The van der Waals surface area contributed by atoms with E-state index in [0.717, 1.165) is 19.6 Å². The van der Waals surface area contributed by atoms with Crippen LogP contribution in [0.15, 0.2) is 11.4 Å². The van der Waals surface area contributed by atoms with Crippen LogP contribution in [-0.4, -0.2) is 13.1 Å². The molecule has 0 aliphatic carbocycles. The van der Waals surface area contributed by atoms with E-state index in [1.165, 1.54) is 10.6 Å². The number of hydrogen-bond acceptors (Lipinski definition) is 3. The van der Waals surface area contributed by atoms with Crippen LogP contribution in [0.3, 0.4) is 0 Å². The second-order valence-electron chi connectivity index (χ2n) is 2.38. The maximum Gasteiger partial charge on any atom is 0.0928 e. The number of anilines is 1. The fourth-order valence-electron chi connectivity index (χ4n) is 1.12. The number of hydrogen-bond donors (Lipinski definition) is 2. The van der Waals surface area contributed by atoms with E-state index in [1.807, 2.05) is 0 Å². The van der Waals surface area contributed by atoms with E-state index in [1.54, 1.807) is 11.3 Å². The Hall–Kier alpha value is -0.540. The lowest BCUT2D eigenvalue weighted by Crippen LogP contribution is -2.16. The van der Waals surface area contributed by atoms with Gasteiger partial charge in [0.1, 0.15) is 0 Å². The summed E-state index contributed by atoms with van der Waals surface area (Å²) >= 11 is 1.79.